The standard InChI is InChI=1S/C21H20F2N2/c1-3-13-11-16(18(23)12-17(13)22)20-15-8-6-10-25-9-5-7-14(21(15)25)19(4-2)24-20/h1-2,11-12H,3-10H2. The minimum absolute atomic E-state index is 0.0231. The summed E-state index contributed by atoms with van der Waals surface area (Å²) < 4.78 is 28.4. The van der Waals surface area contributed by atoms with Crippen molar-refractivity contribution >= 4 is 5.69 Å². The highest BCUT2D eigenvalue weighted by atomic mass is 19.1. The fourth-order valence-electron chi connectivity index (χ4n) is 4.13. The van der Waals surface area contributed by atoms with Crippen LogP contribution in [0.2, 0.25) is 0 Å². The molecule has 0 aliphatic carbocycles. The topological polar surface area (TPSA) is 16.1 Å². The highest BCUT2D eigenvalue weighted by Crippen LogP contribution is 2.42. The molecule has 128 valence electrons. The monoisotopic (exact) mass is 338 g/mol. The van der Waals surface area contributed by atoms with Crippen molar-refractivity contribution in [2.45, 2.75) is 38.5 Å². The largest absolute Gasteiger partial charge is 0.371 e. The summed E-state index contributed by atoms with van der Waals surface area (Å²) in [6.07, 6.45) is 4.24. The quantitative estimate of drug-likeness (QED) is 0.832. The Hall–Kier alpha value is -1.97. The third kappa shape index (κ3) is 2.62. The van der Waals surface area contributed by atoms with Crippen molar-refractivity contribution in [3.63, 3.8) is 0 Å². The molecule has 1 aromatic carbocycles. The predicted octanol–water partition coefficient (Wildman–Crippen LogP) is 4.23. The van der Waals surface area contributed by atoms with Crippen molar-refractivity contribution < 1.29 is 8.78 Å². The zero-order chi connectivity index (χ0) is 17.6. The zero-order valence-electron chi connectivity index (χ0n) is 14.1. The van der Waals surface area contributed by atoms with E-state index in [1.54, 1.807) is 0 Å². The maximum atomic E-state index is 14.6. The van der Waals surface area contributed by atoms with Crippen LogP contribution in [0.1, 0.15) is 35.2 Å². The number of hydrogen-bond donors (Lipinski definition) is 0. The third-order valence-corrected chi connectivity index (χ3v) is 5.28. The van der Waals surface area contributed by atoms with Gasteiger partial charge in [0.2, 0.25) is 0 Å². The minimum atomic E-state index is -0.615. The normalized spacial score (nSPS) is 16.1. The second-order valence-corrected chi connectivity index (χ2v) is 6.74. The van der Waals surface area contributed by atoms with Gasteiger partial charge in [0.25, 0.3) is 0 Å². The van der Waals surface area contributed by atoms with Gasteiger partial charge < -0.3 is 4.90 Å². The molecule has 0 N–H and O–H groups in total. The van der Waals surface area contributed by atoms with E-state index in [9.17, 15) is 8.78 Å². The Bertz CT molecular complexity index is 827. The molecule has 2 aromatic rings. The van der Waals surface area contributed by atoms with Crippen molar-refractivity contribution in [3.8, 4) is 11.3 Å². The molecule has 0 unspecified atom stereocenters. The number of hydrogen-bond acceptors (Lipinski definition) is 2. The Morgan fingerprint density at radius 2 is 1.68 bits per heavy atom. The van der Waals surface area contributed by atoms with Crippen LogP contribution < -0.4 is 4.90 Å². The van der Waals surface area contributed by atoms with Crippen LogP contribution in [-0.4, -0.2) is 18.1 Å². The van der Waals surface area contributed by atoms with Crippen molar-refractivity contribution in [2.75, 3.05) is 18.0 Å². The minimum Gasteiger partial charge on any atom is -0.371 e. The highest BCUT2D eigenvalue weighted by Gasteiger charge is 2.30. The van der Waals surface area contributed by atoms with E-state index in [4.69, 9.17) is 18.8 Å². The van der Waals surface area contributed by atoms with Gasteiger partial charge in [-0.05, 0) is 69.6 Å². The number of nitrogens with zero attached hydrogens (tertiary/aromatic N) is 2. The lowest BCUT2D eigenvalue weighted by molar-refractivity contribution is 0.576. The van der Waals surface area contributed by atoms with E-state index in [2.05, 4.69) is 4.90 Å². The first kappa shape index (κ1) is 16.5. The van der Waals surface area contributed by atoms with E-state index in [0.717, 1.165) is 56.1 Å². The summed E-state index contributed by atoms with van der Waals surface area (Å²) >= 11 is 0. The molecule has 0 fully saturated rings. The van der Waals surface area contributed by atoms with Gasteiger partial charge in [-0.3, -0.25) is 4.98 Å². The Morgan fingerprint density at radius 1 is 0.960 bits per heavy atom. The van der Waals surface area contributed by atoms with Gasteiger partial charge in [0, 0.05) is 41.7 Å². The number of halogens is 2. The highest BCUT2D eigenvalue weighted by molar-refractivity contribution is 5.76. The second kappa shape index (κ2) is 6.40. The molecule has 2 aliphatic heterocycles. The molecule has 4 radical (unpaired) electrons. The SMILES string of the molecule is [CH]Cc1cc(-c2nc(C[CH])c3c4c2CCCN4CCC3)c(F)cc1F. The van der Waals surface area contributed by atoms with E-state index in [0.29, 0.717) is 23.2 Å². The van der Waals surface area contributed by atoms with Crippen molar-refractivity contribution in [1.82, 2.24) is 4.98 Å². The summed E-state index contributed by atoms with van der Waals surface area (Å²) in [5.74, 6) is -1.22. The van der Waals surface area contributed by atoms with E-state index in [-0.39, 0.29) is 6.42 Å². The number of rotatable bonds is 3. The molecule has 0 saturated heterocycles. The molecule has 0 atom stereocenters. The van der Waals surface area contributed by atoms with Gasteiger partial charge >= 0.3 is 0 Å². The first-order chi connectivity index (χ1) is 12.1. The van der Waals surface area contributed by atoms with Crippen molar-refractivity contribution in [1.29, 1.82) is 0 Å². The number of anilines is 1. The van der Waals surface area contributed by atoms with Gasteiger partial charge in [0.1, 0.15) is 11.6 Å². The van der Waals surface area contributed by atoms with Gasteiger partial charge in [-0.15, -0.1) is 0 Å². The zero-order valence-corrected chi connectivity index (χ0v) is 14.1. The Labute approximate surface area is 147 Å². The maximum absolute atomic E-state index is 14.6. The lowest BCUT2D eigenvalue weighted by atomic mass is 9.87. The van der Waals surface area contributed by atoms with Crippen LogP contribution >= 0.6 is 0 Å². The Kier molecular flexibility index (Phi) is 4.22. The van der Waals surface area contributed by atoms with Crippen LogP contribution in [0.15, 0.2) is 12.1 Å². The van der Waals surface area contributed by atoms with Crippen LogP contribution in [0.4, 0.5) is 14.5 Å². The summed E-state index contributed by atoms with van der Waals surface area (Å²) in [6, 6.07) is 2.41. The summed E-state index contributed by atoms with van der Waals surface area (Å²) in [5.41, 5.74) is 5.48. The summed E-state index contributed by atoms with van der Waals surface area (Å²) in [7, 11) is 0. The third-order valence-electron chi connectivity index (χ3n) is 5.28. The fourth-order valence-corrected chi connectivity index (χ4v) is 4.13. The van der Waals surface area contributed by atoms with Gasteiger partial charge in [-0.2, -0.15) is 0 Å². The molecule has 3 heterocycles. The average molecular weight is 338 g/mol. The second-order valence-electron chi connectivity index (χ2n) is 6.74. The predicted molar refractivity (Wildman–Crippen MR) is 94.5 cm³/mol. The van der Waals surface area contributed by atoms with Crippen LogP contribution in [0, 0.1) is 25.5 Å². The summed E-state index contributed by atoms with van der Waals surface area (Å²) in [5, 5.41) is 0. The van der Waals surface area contributed by atoms with E-state index >= 15 is 0 Å². The lowest BCUT2D eigenvalue weighted by Crippen LogP contribution is -2.35. The molecule has 0 saturated carbocycles. The van der Waals surface area contributed by atoms with Gasteiger partial charge in [0.05, 0.1) is 5.69 Å². The fraction of sp³-hybridized carbons (Fsp3) is 0.381. The number of aromatic nitrogens is 1. The average Bonchev–Trinajstić information content (AvgIpc) is 2.63. The van der Waals surface area contributed by atoms with E-state index < -0.39 is 11.6 Å². The Morgan fingerprint density at radius 3 is 2.36 bits per heavy atom. The van der Waals surface area contributed by atoms with Gasteiger partial charge in [0.15, 0.2) is 0 Å². The van der Waals surface area contributed by atoms with Crippen LogP contribution in [0.25, 0.3) is 11.3 Å². The molecule has 25 heavy (non-hydrogen) atoms. The summed E-state index contributed by atoms with van der Waals surface area (Å²) in [4.78, 5) is 7.09. The lowest BCUT2D eigenvalue weighted by Gasteiger charge is -2.38. The van der Waals surface area contributed by atoms with E-state index in [1.165, 1.54) is 17.3 Å². The molecule has 1 aromatic heterocycles. The van der Waals surface area contributed by atoms with Crippen LogP contribution in [0.3, 0.4) is 0 Å². The first-order valence-electron chi connectivity index (χ1n) is 8.82. The maximum Gasteiger partial charge on any atom is 0.135 e. The van der Waals surface area contributed by atoms with Gasteiger partial charge in [-0.25, -0.2) is 8.78 Å². The molecule has 0 amide bonds. The smallest absolute Gasteiger partial charge is 0.135 e. The van der Waals surface area contributed by atoms with Crippen molar-refractivity contribution in [2.24, 2.45) is 0 Å². The summed E-state index contributed by atoms with van der Waals surface area (Å²) in [6.45, 7) is 13.6. The van der Waals surface area contributed by atoms with Crippen LogP contribution in [-0.2, 0) is 25.7 Å². The Balaban J connectivity index is 1.99. The van der Waals surface area contributed by atoms with E-state index in [1.807, 2.05) is 0 Å². The molecule has 4 heteroatoms. The number of pyridine rings is 1. The molecule has 0 bridgehead atoms. The number of benzene rings is 1. The molecule has 2 nitrogen and oxygen atoms in total. The first-order valence-corrected chi connectivity index (χ1v) is 8.82. The van der Waals surface area contributed by atoms with Crippen molar-refractivity contribution in [3.05, 3.63) is 60.0 Å². The molecule has 4 rings (SSSR count). The molecule has 2 aliphatic rings. The molecular formula is C21H20F2N2. The van der Waals surface area contributed by atoms with Gasteiger partial charge in [-0.1, -0.05) is 0 Å². The molecule has 0 spiro atoms. The van der Waals surface area contributed by atoms with Crippen LogP contribution in [0.5, 0.6) is 0 Å². The molecular weight excluding hydrogens is 318 g/mol.